The van der Waals surface area contributed by atoms with E-state index in [-0.39, 0.29) is 11.2 Å². The van der Waals surface area contributed by atoms with Crippen molar-refractivity contribution in [1.82, 2.24) is 0 Å². The highest BCUT2D eigenvalue weighted by molar-refractivity contribution is 6.30. The largest absolute Gasteiger partial charge is 0.489 e. The molecule has 0 aliphatic carbocycles. The van der Waals surface area contributed by atoms with Crippen molar-refractivity contribution in [3.8, 4) is 5.75 Å². The Morgan fingerprint density at radius 1 is 0.862 bits per heavy atom. The molecule has 3 aromatic rings. The maximum Gasteiger partial charge on any atom is 0.193 e. The summed E-state index contributed by atoms with van der Waals surface area (Å²) in [5.74, 6) is 0.717. The van der Waals surface area contributed by atoms with Crippen LogP contribution in [-0.2, 0) is 12.0 Å². The van der Waals surface area contributed by atoms with Gasteiger partial charge in [-0.05, 0) is 90.0 Å². The summed E-state index contributed by atoms with van der Waals surface area (Å²) in [6.07, 6.45) is 0. The van der Waals surface area contributed by atoms with Crippen LogP contribution in [0, 0.1) is 13.8 Å². The Kier molecular flexibility index (Phi) is 6.14. The smallest absolute Gasteiger partial charge is 0.193 e. The second-order valence-corrected chi connectivity index (χ2v) is 8.92. The molecule has 2 nitrogen and oxygen atoms in total. The molecule has 0 radical (unpaired) electrons. The number of ketones is 1. The quantitative estimate of drug-likeness (QED) is 0.424. The van der Waals surface area contributed by atoms with Crippen molar-refractivity contribution in [1.29, 1.82) is 0 Å². The van der Waals surface area contributed by atoms with Crippen LogP contribution in [0.15, 0.2) is 60.7 Å². The Balaban J connectivity index is 1.71. The number of halogens is 1. The number of hydrogen-bond acceptors (Lipinski definition) is 2. The molecule has 150 valence electrons. The minimum atomic E-state index is -0.0299. The minimum Gasteiger partial charge on any atom is -0.489 e. The van der Waals surface area contributed by atoms with E-state index < -0.39 is 0 Å². The normalized spacial score (nSPS) is 11.4. The fraction of sp³-hybridized carbons (Fsp3) is 0.269. The molecule has 29 heavy (non-hydrogen) atoms. The summed E-state index contributed by atoms with van der Waals surface area (Å²) < 4.78 is 6.01. The summed E-state index contributed by atoms with van der Waals surface area (Å²) in [5.41, 5.74) is 6.39. The van der Waals surface area contributed by atoms with E-state index in [1.54, 1.807) is 36.4 Å². The van der Waals surface area contributed by atoms with Crippen molar-refractivity contribution in [2.45, 2.75) is 46.6 Å². The molecule has 0 aliphatic heterocycles. The zero-order valence-electron chi connectivity index (χ0n) is 17.7. The molecule has 0 bridgehead atoms. The Hall–Kier alpha value is -2.58. The van der Waals surface area contributed by atoms with Crippen molar-refractivity contribution in [3.05, 3.63) is 99.1 Å². The fourth-order valence-corrected chi connectivity index (χ4v) is 3.41. The molecule has 0 amide bonds. The highest BCUT2D eigenvalue weighted by Crippen LogP contribution is 2.28. The number of carbonyl (C=O) groups is 1. The first-order chi connectivity index (χ1) is 13.6. The molecule has 0 unspecified atom stereocenters. The topological polar surface area (TPSA) is 26.3 Å². The molecule has 0 spiro atoms. The standard InChI is InChI=1S/C26H27ClO2/c1-17-14-21(26(3,4)5)15-18(2)24(17)16-29-23-12-8-20(9-13-23)25(28)19-6-10-22(27)11-7-19/h6-15H,16H2,1-5H3. The molecule has 0 aliphatic rings. The lowest BCUT2D eigenvalue weighted by molar-refractivity contribution is 0.103. The van der Waals surface area contributed by atoms with Crippen LogP contribution < -0.4 is 4.74 Å². The monoisotopic (exact) mass is 406 g/mol. The molecular weight excluding hydrogens is 380 g/mol. The maximum absolute atomic E-state index is 12.6. The van der Waals surface area contributed by atoms with Crippen LogP contribution >= 0.6 is 11.6 Å². The molecule has 0 aromatic heterocycles. The van der Waals surface area contributed by atoms with Crippen LogP contribution in [0.3, 0.4) is 0 Å². The summed E-state index contributed by atoms with van der Waals surface area (Å²) in [6, 6.07) is 18.7. The zero-order chi connectivity index (χ0) is 21.2. The first kappa shape index (κ1) is 21.1. The van der Waals surface area contributed by atoms with E-state index in [0.717, 1.165) is 5.75 Å². The molecule has 3 aromatic carbocycles. The Labute approximate surface area is 178 Å². The molecule has 0 saturated carbocycles. The predicted octanol–water partition coefficient (Wildman–Crippen LogP) is 7.06. The third-order valence-corrected chi connectivity index (χ3v) is 5.42. The van der Waals surface area contributed by atoms with Gasteiger partial charge in [-0.2, -0.15) is 0 Å². The third-order valence-electron chi connectivity index (χ3n) is 5.17. The van der Waals surface area contributed by atoms with E-state index in [2.05, 4.69) is 46.8 Å². The Bertz CT molecular complexity index is 987. The second kappa shape index (κ2) is 8.42. The average molecular weight is 407 g/mol. The number of carbonyl (C=O) groups excluding carboxylic acids is 1. The molecule has 0 fully saturated rings. The van der Waals surface area contributed by atoms with Crippen LogP contribution in [0.5, 0.6) is 5.75 Å². The molecule has 0 saturated heterocycles. The van der Waals surface area contributed by atoms with Gasteiger partial charge in [0.05, 0.1) is 0 Å². The lowest BCUT2D eigenvalue weighted by atomic mass is 9.84. The molecule has 0 N–H and O–H groups in total. The van der Waals surface area contributed by atoms with Gasteiger partial charge < -0.3 is 4.74 Å². The maximum atomic E-state index is 12.6. The van der Waals surface area contributed by atoms with Gasteiger partial charge in [-0.25, -0.2) is 0 Å². The van der Waals surface area contributed by atoms with Gasteiger partial charge in [0.25, 0.3) is 0 Å². The predicted molar refractivity (Wildman–Crippen MR) is 120 cm³/mol. The van der Waals surface area contributed by atoms with E-state index >= 15 is 0 Å². The van der Waals surface area contributed by atoms with E-state index in [0.29, 0.717) is 22.8 Å². The third kappa shape index (κ3) is 5.07. The molecule has 3 rings (SSSR count). The highest BCUT2D eigenvalue weighted by Gasteiger charge is 2.16. The van der Waals surface area contributed by atoms with Crippen LogP contribution in [-0.4, -0.2) is 5.78 Å². The number of aryl methyl sites for hydroxylation is 2. The summed E-state index contributed by atoms with van der Waals surface area (Å²) in [4.78, 5) is 12.6. The van der Waals surface area contributed by atoms with Gasteiger partial charge in [-0.1, -0.05) is 44.5 Å². The average Bonchev–Trinajstić information content (AvgIpc) is 2.67. The summed E-state index contributed by atoms with van der Waals surface area (Å²) >= 11 is 5.89. The van der Waals surface area contributed by atoms with Gasteiger partial charge in [0.15, 0.2) is 5.78 Å². The molecular formula is C26H27ClO2. The van der Waals surface area contributed by atoms with E-state index in [1.807, 2.05) is 12.1 Å². The van der Waals surface area contributed by atoms with Crippen molar-refractivity contribution >= 4 is 17.4 Å². The van der Waals surface area contributed by atoms with Crippen LogP contribution in [0.25, 0.3) is 0 Å². The van der Waals surface area contributed by atoms with Gasteiger partial charge in [0.1, 0.15) is 12.4 Å². The Morgan fingerprint density at radius 3 is 1.83 bits per heavy atom. The number of ether oxygens (including phenoxy) is 1. The summed E-state index contributed by atoms with van der Waals surface area (Å²) in [5, 5.41) is 0.617. The van der Waals surface area contributed by atoms with Crippen LogP contribution in [0.2, 0.25) is 5.02 Å². The number of rotatable bonds is 5. The molecule has 3 heteroatoms. The molecule has 0 heterocycles. The minimum absolute atomic E-state index is 0.0299. The summed E-state index contributed by atoms with van der Waals surface area (Å²) in [6.45, 7) is 11.5. The Morgan fingerprint density at radius 2 is 1.34 bits per heavy atom. The van der Waals surface area contributed by atoms with Crippen LogP contribution in [0.1, 0.15) is 58.9 Å². The lowest BCUT2D eigenvalue weighted by Crippen LogP contribution is -2.13. The van der Waals surface area contributed by atoms with Crippen molar-refractivity contribution < 1.29 is 9.53 Å². The van der Waals surface area contributed by atoms with E-state index in [1.165, 1.54) is 22.3 Å². The summed E-state index contributed by atoms with van der Waals surface area (Å²) in [7, 11) is 0. The number of hydrogen-bond donors (Lipinski definition) is 0. The van der Waals surface area contributed by atoms with Crippen molar-refractivity contribution in [2.75, 3.05) is 0 Å². The lowest BCUT2D eigenvalue weighted by Gasteiger charge is -2.22. The van der Waals surface area contributed by atoms with Crippen LogP contribution in [0.4, 0.5) is 0 Å². The fourth-order valence-electron chi connectivity index (χ4n) is 3.28. The first-order valence-electron chi connectivity index (χ1n) is 9.79. The SMILES string of the molecule is Cc1cc(C(C)(C)C)cc(C)c1COc1ccc(C(=O)c2ccc(Cl)cc2)cc1. The zero-order valence-corrected chi connectivity index (χ0v) is 18.4. The van der Waals surface area contributed by atoms with E-state index in [4.69, 9.17) is 16.3 Å². The van der Waals surface area contributed by atoms with Gasteiger partial charge in [0, 0.05) is 16.1 Å². The van der Waals surface area contributed by atoms with Gasteiger partial charge in [0.2, 0.25) is 0 Å². The highest BCUT2D eigenvalue weighted by atomic mass is 35.5. The van der Waals surface area contributed by atoms with Crippen molar-refractivity contribution in [2.24, 2.45) is 0 Å². The van der Waals surface area contributed by atoms with E-state index in [9.17, 15) is 4.79 Å². The second-order valence-electron chi connectivity index (χ2n) is 8.49. The van der Waals surface area contributed by atoms with Gasteiger partial charge >= 0.3 is 0 Å². The first-order valence-corrected chi connectivity index (χ1v) is 10.2. The van der Waals surface area contributed by atoms with Gasteiger partial charge in [-0.15, -0.1) is 0 Å². The number of benzene rings is 3. The van der Waals surface area contributed by atoms with Crippen molar-refractivity contribution in [3.63, 3.8) is 0 Å². The molecule has 0 atom stereocenters. The van der Waals surface area contributed by atoms with Gasteiger partial charge in [-0.3, -0.25) is 4.79 Å².